The normalized spacial score (nSPS) is 35.4. The standard InChI is InChI=1S/C27H44F2N2O5/c1-6-24-26(5,34)12-19(4)30-14-17(2)9-20(15-32)10-18(3)27(35,13-25(33)36-24)16-31-21-7-8-22(28)23(29)11-21/h7-8,11,17-20,24,30-32,34-35H,6,9-10,12-16H2,1-5H3/t17-,18-,19-,20+,24-,26+,27-/m1/s1. The highest BCUT2D eigenvalue weighted by molar-refractivity contribution is 5.71. The molecule has 7 atom stereocenters. The first-order valence-corrected chi connectivity index (χ1v) is 13.0. The first kappa shape index (κ1) is 30.4. The molecule has 1 aromatic carbocycles. The van der Waals surface area contributed by atoms with E-state index in [-0.39, 0.29) is 43.1 Å². The molecule has 1 saturated heterocycles. The van der Waals surface area contributed by atoms with E-state index in [1.165, 1.54) is 6.07 Å². The van der Waals surface area contributed by atoms with Gasteiger partial charge in [0.25, 0.3) is 0 Å². The molecule has 7 nitrogen and oxygen atoms in total. The van der Waals surface area contributed by atoms with Crippen molar-refractivity contribution in [2.45, 2.75) is 90.1 Å². The van der Waals surface area contributed by atoms with Gasteiger partial charge in [-0.25, -0.2) is 8.78 Å². The summed E-state index contributed by atoms with van der Waals surface area (Å²) in [5.41, 5.74) is -2.61. The number of aliphatic hydroxyl groups excluding tert-OH is 1. The summed E-state index contributed by atoms with van der Waals surface area (Å²) in [5, 5.41) is 39.2. The number of benzene rings is 1. The Labute approximate surface area is 213 Å². The van der Waals surface area contributed by atoms with Gasteiger partial charge in [-0.1, -0.05) is 20.8 Å². The second kappa shape index (κ2) is 13.1. The summed E-state index contributed by atoms with van der Waals surface area (Å²) >= 11 is 0. The Balaban J connectivity index is 2.33. The van der Waals surface area contributed by atoms with Crippen molar-refractivity contribution in [3.8, 4) is 0 Å². The number of carbonyl (C=O) groups excluding carboxylic acids is 1. The summed E-state index contributed by atoms with van der Waals surface area (Å²) in [6, 6.07) is 3.31. The molecule has 0 bridgehead atoms. The van der Waals surface area contributed by atoms with Crippen LogP contribution >= 0.6 is 0 Å². The molecule has 1 aromatic rings. The zero-order valence-corrected chi connectivity index (χ0v) is 22.2. The van der Waals surface area contributed by atoms with Gasteiger partial charge in [-0.3, -0.25) is 4.79 Å². The molecule has 0 aromatic heterocycles. The highest BCUT2D eigenvalue weighted by atomic mass is 19.2. The molecule has 36 heavy (non-hydrogen) atoms. The summed E-state index contributed by atoms with van der Waals surface area (Å²) in [7, 11) is 0. The fourth-order valence-electron chi connectivity index (χ4n) is 5.22. The smallest absolute Gasteiger partial charge is 0.309 e. The van der Waals surface area contributed by atoms with Crippen LogP contribution in [0.5, 0.6) is 0 Å². The molecule has 1 aliphatic rings. The summed E-state index contributed by atoms with van der Waals surface area (Å²) in [6.45, 7) is 9.85. The Morgan fingerprint density at radius 2 is 1.86 bits per heavy atom. The van der Waals surface area contributed by atoms with E-state index in [1.807, 2.05) is 13.8 Å². The molecule has 1 aliphatic heterocycles. The van der Waals surface area contributed by atoms with E-state index in [0.717, 1.165) is 12.1 Å². The molecule has 206 valence electrons. The van der Waals surface area contributed by atoms with Gasteiger partial charge in [0.15, 0.2) is 11.6 Å². The van der Waals surface area contributed by atoms with Gasteiger partial charge >= 0.3 is 5.97 Å². The predicted molar refractivity (Wildman–Crippen MR) is 135 cm³/mol. The molecule has 9 heteroatoms. The minimum Gasteiger partial charge on any atom is -0.459 e. The Morgan fingerprint density at radius 1 is 1.17 bits per heavy atom. The molecule has 0 saturated carbocycles. The van der Waals surface area contributed by atoms with Crippen molar-refractivity contribution in [3.05, 3.63) is 29.8 Å². The summed E-state index contributed by atoms with van der Waals surface area (Å²) in [4.78, 5) is 13.0. The maximum absolute atomic E-state index is 13.7. The summed E-state index contributed by atoms with van der Waals surface area (Å²) in [6.07, 6.45) is 0.808. The van der Waals surface area contributed by atoms with Crippen LogP contribution in [0, 0.1) is 29.4 Å². The fraction of sp³-hybridized carbons (Fsp3) is 0.741. The minimum atomic E-state index is -1.60. The SMILES string of the molecule is CC[C@H]1OC(=O)C[C@@](O)(CNc2ccc(F)c(F)c2)[C@H](C)C[C@@H](CO)C[C@@H](C)CN[C@H](C)C[C@]1(C)O. The van der Waals surface area contributed by atoms with Crippen molar-refractivity contribution in [1.29, 1.82) is 0 Å². The quantitative estimate of drug-likeness (QED) is 0.382. The van der Waals surface area contributed by atoms with Crippen LogP contribution in [-0.2, 0) is 9.53 Å². The first-order chi connectivity index (χ1) is 16.8. The minimum absolute atomic E-state index is 0.0240. The zero-order chi connectivity index (χ0) is 27.1. The summed E-state index contributed by atoms with van der Waals surface area (Å²) < 4.78 is 32.7. The van der Waals surface area contributed by atoms with Gasteiger partial charge < -0.3 is 30.7 Å². The van der Waals surface area contributed by atoms with Crippen molar-refractivity contribution in [3.63, 3.8) is 0 Å². The van der Waals surface area contributed by atoms with Crippen LogP contribution in [0.4, 0.5) is 14.5 Å². The lowest BCUT2D eigenvalue weighted by Gasteiger charge is -2.37. The third-order valence-corrected chi connectivity index (χ3v) is 7.44. The molecule has 0 aliphatic carbocycles. The molecular formula is C27H44F2N2O5. The van der Waals surface area contributed by atoms with E-state index in [2.05, 4.69) is 17.6 Å². The number of halogens is 2. The van der Waals surface area contributed by atoms with E-state index < -0.39 is 40.8 Å². The van der Waals surface area contributed by atoms with Crippen molar-refractivity contribution in [1.82, 2.24) is 5.32 Å². The monoisotopic (exact) mass is 514 g/mol. The topological polar surface area (TPSA) is 111 Å². The van der Waals surface area contributed by atoms with Crippen LogP contribution in [0.15, 0.2) is 18.2 Å². The third-order valence-electron chi connectivity index (χ3n) is 7.44. The van der Waals surface area contributed by atoms with E-state index >= 15 is 0 Å². The molecule has 2 rings (SSSR count). The number of hydrogen-bond acceptors (Lipinski definition) is 7. The van der Waals surface area contributed by atoms with Gasteiger partial charge in [-0.2, -0.15) is 0 Å². The maximum atomic E-state index is 13.7. The van der Waals surface area contributed by atoms with Crippen LogP contribution in [0.1, 0.15) is 66.7 Å². The number of nitrogens with one attached hydrogen (secondary N) is 2. The molecule has 1 heterocycles. The number of anilines is 1. The number of hydrogen-bond donors (Lipinski definition) is 5. The molecule has 0 spiro atoms. The average Bonchev–Trinajstić information content (AvgIpc) is 2.80. The third kappa shape index (κ3) is 8.64. The van der Waals surface area contributed by atoms with Crippen LogP contribution in [-0.4, -0.2) is 64.3 Å². The Bertz CT molecular complexity index is 855. The highest BCUT2D eigenvalue weighted by Gasteiger charge is 2.41. The van der Waals surface area contributed by atoms with Gasteiger partial charge in [0.05, 0.1) is 12.0 Å². The van der Waals surface area contributed by atoms with E-state index in [1.54, 1.807) is 13.8 Å². The number of cyclic esters (lactones) is 1. The van der Waals surface area contributed by atoms with Gasteiger partial charge in [-0.05, 0) is 76.0 Å². The molecule has 0 unspecified atom stereocenters. The lowest BCUT2D eigenvalue weighted by atomic mass is 9.78. The van der Waals surface area contributed by atoms with Crippen molar-refractivity contribution in [2.24, 2.45) is 17.8 Å². The van der Waals surface area contributed by atoms with Gasteiger partial charge in [-0.15, -0.1) is 0 Å². The number of carbonyl (C=O) groups is 1. The number of esters is 1. The number of rotatable bonds is 5. The van der Waals surface area contributed by atoms with Crippen LogP contribution in [0.25, 0.3) is 0 Å². The average molecular weight is 515 g/mol. The predicted octanol–water partition coefficient (Wildman–Crippen LogP) is 3.61. The van der Waals surface area contributed by atoms with E-state index in [0.29, 0.717) is 32.2 Å². The second-order valence-corrected chi connectivity index (χ2v) is 11.0. The van der Waals surface area contributed by atoms with Crippen LogP contribution in [0.3, 0.4) is 0 Å². The van der Waals surface area contributed by atoms with Crippen LogP contribution in [0.2, 0.25) is 0 Å². The molecular weight excluding hydrogens is 470 g/mol. The number of ether oxygens (including phenoxy) is 1. The Kier molecular flexibility index (Phi) is 11.1. The molecule has 1 fully saturated rings. The van der Waals surface area contributed by atoms with E-state index in [4.69, 9.17) is 4.74 Å². The fourth-order valence-corrected chi connectivity index (χ4v) is 5.22. The lowest BCUT2D eigenvalue weighted by molar-refractivity contribution is -0.172. The zero-order valence-electron chi connectivity index (χ0n) is 22.2. The van der Waals surface area contributed by atoms with Crippen molar-refractivity contribution in [2.75, 3.05) is 25.0 Å². The molecule has 0 amide bonds. The van der Waals surface area contributed by atoms with Gasteiger partial charge in [0.1, 0.15) is 11.7 Å². The van der Waals surface area contributed by atoms with Crippen molar-refractivity contribution < 1.29 is 33.6 Å². The lowest BCUT2D eigenvalue weighted by Crippen LogP contribution is -2.49. The Hall–Kier alpha value is -1.81. The largest absolute Gasteiger partial charge is 0.459 e. The first-order valence-electron chi connectivity index (χ1n) is 13.0. The second-order valence-electron chi connectivity index (χ2n) is 11.0. The van der Waals surface area contributed by atoms with Gasteiger partial charge in [0, 0.05) is 30.9 Å². The summed E-state index contributed by atoms with van der Waals surface area (Å²) in [5.74, 6) is -2.97. The van der Waals surface area contributed by atoms with Gasteiger partial charge in [0.2, 0.25) is 0 Å². The van der Waals surface area contributed by atoms with Crippen LogP contribution < -0.4 is 10.6 Å². The molecule has 5 N–H and O–H groups in total. The van der Waals surface area contributed by atoms with E-state index in [9.17, 15) is 28.9 Å². The molecule has 0 radical (unpaired) electrons. The highest BCUT2D eigenvalue weighted by Crippen LogP contribution is 2.32. The maximum Gasteiger partial charge on any atom is 0.309 e. The Morgan fingerprint density at radius 3 is 2.47 bits per heavy atom. The van der Waals surface area contributed by atoms with Crippen molar-refractivity contribution >= 4 is 11.7 Å². The number of aliphatic hydroxyl groups is 3.